The average Bonchev–Trinajstić information content (AvgIpc) is 2.26. The summed E-state index contributed by atoms with van der Waals surface area (Å²) in [6.45, 7) is 6.81. The Labute approximate surface area is 99.6 Å². The van der Waals surface area contributed by atoms with Gasteiger partial charge in [0.1, 0.15) is 5.54 Å². The van der Waals surface area contributed by atoms with Gasteiger partial charge in [0, 0.05) is 0 Å². The molecule has 0 aliphatic carbocycles. The second kappa shape index (κ2) is 8.57. The summed E-state index contributed by atoms with van der Waals surface area (Å²) in [7, 11) is 0. The van der Waals surface area contributed by atoms with Crippen molar-refractivity contribution in [3.05, 3.63) is 0 Å². The van der Waals surface area contributed by atoms with E-state index >= 15 is 0 Å². The second-order valence-corrected chi connectivity index (χ2v) is 4.73. The molecule has 1 unspecified atom stereocenters. The first-order valence-electron chi connectivity index (χ1n) is 6.55. The van der Waals surface area contributed by atoms with Gasteiger partial charge in [0.05, 0.1) is 0 Å². The lowest BCUT2D eigenvalue weighted by molar-refractivity contribution is -0.144. The van der Waals surface area contributed by atoms with Crippen LogP contribution in [0.25, 0.3) is 0 Å². The van der Waals surface area contributed by atoms with E-state index in [4.69, 9.17) is 0 Å². The van der Waals surface area contributed by atoms with Gasteiger partial charge in [-0.05, 0) is 26.3 Å². The van der Waals surface area contributed by atoms with Gasteiger partial charge in [-0.15, -0.1) is 0 Å². The number of unbranched alkanes of at least 4 members (excludes halogenated alkanes) is 4. The quantitative estimate of drug-likeness (QED) is 0.566. The monoisotopic (exact) mass is 229 g/mol. The van der Waals surface area contributed by atoms with Crippen LogP contribution in [0, 0.1) is 0 Å². The molecule has 2 N–H and O–H groups in total. The number of carboxylic acid groups (broad SMARTS) is 1. The Kier molecular flexibility index (Phi) is 8.26. The van der Waals surface area contributed by atoms with Crippen molar-refractivity contribution in [2.75, 3.05) is 6.54 Å². The van der Waals surface area contributed by atoms with Crippen molar-refractivity contribution >= 4 is 5.97 Å². The van der Waals surface area contributed by atoms with Crippen molar-refractivity contribution in [1.29, 1.82) is 0 Å². The maximum Gasteiger partial charge on any atom is 0.323 e. The van der Waals surface area contributed by atoms with Gasteiger partial charge in [-0.25, -0.2) is 0 Å². The lowest BCUT2D eigenvalue weighted by Crippen LogP contribution is -2.49. The normalized spacial score (nSPS) is 14.7. The summed E-state index contributed by atoms with van der Waals surface area (Å²) in [5, 5.41) is 12.3. The van der Waals surface area contributed by atoms with Crippen molar-refractivity contribution in [3.8, 4) is 0 Å². The molecule has 0 aromatic heterocycles. The molecule has 0 spiro atoms. The van der Waals surface area contributed by atoms with E-state index in [-0.39, 0.29) is 0 Å². The molecule has 0 aromatic rings. The summed E-state index contributed by atoms with van der Waals surface area (Å²) >= 11 is 0. The molecule has 3 nitrogen and oxygen atoms in total. The number of hydrogen-bond acceptors (Lipinski definition) is 2. The van der Waals surface area contributed by atoms with Gasteiger partial charge in [0.25, 0.3) is 0 Å². The molecule has 0 saturated heterocycles. The molecule has 0 aliphatic rings. The van der Waals surface area contributed by atoms with Crippen LogP contribution in [0.3, 0.4) is 0 Å². The fraction of sp³-hybridized carbons (Fsp3) is 0.923. The fourth-order valence-electron chi connectivity index (χ4n) is 1.75. The van der Waals surface area contributed by atoms with E-state index < -0.39 is 11.5 Å². The minimum Gasteiger partial charge on any atom is -0.480 e. The summed E-state index contributed by atoms with van der Waals surface area (Å²) in [6.07, 6.45) is 7.55. The maximum atomic E-state index is 11.2. The lowest BCUT2D eigenvalue weighted by Gasteiger charge is -2.26. The summed E-state index contributed by atoms with van der Waals surface area (Å²) < 4.78 is 0. The van der Waals surface area contributed by atoms with Crippen LogP contribution in [-0.4, -0.2) is 23.2 Å². The van der Waals surface area contributed by atoms with Crippen molar-refractivity contribution < 1.29 is 9.90 Å². The Morgan fingerprint density at radius 3 is 2.25 bits per heavy atom. The zero-order valence-corrected chi connectivity index (χ0v) is 11.0. The van der Waals surface area contributed by atoms with Crippen LogP contribution >= 0.6 is 0 Å². The summed E-state index contributed by atoms with van der Waals surface area (Å²) in [5.74, 6) is -0.726. The highest BCUT2D eigenvalue weighted by Gasteiger charge is 2.31. The van der Waals surface area contributed by atoms with Crippen LogP contribution in [0.15, 0.2) is 0 Å². The molecule has 3 heteroatoms. The van der Waals surface area contributed by atoms with Gasteiger partial charge in [-0.1, -0.05) is 46.0 Å². The molecular formula is C13H27NO2. The zero-order valence-electron chi connectivity index (χ0n) is 11.0. The highest BCUT2D eigenvalue weighted by Crippen LogP contribution is 2.16. The third kappa shape index (κ3) is 6.11. The molecule has 0 amide bonds. The first-order valence-corrected chi connectivity index (χ1v) is 6.55. The molecule has 0 aromatic carbocycles. The molecular weight excluding hydrogens is 202 g/mol. The first kappa shape index (κ1) is 15.4. The standard InChI is InChI=1S/C13H27NO2/c1-4-6-7-8-9-10-13(3,12(15)16)14-11-5-2/h14H,4-11H2,1-3H3,(H,15,16). The minimum atomic E-state index is -0.734. The Balaban J connectivity index is 3.88. The zero-order chi connectivity index (χ0) is 12.4. The van der Waals surface area contributed by atoms with Crippen molar-refractivity contribution in [2.24, 2.45) is 0 Å². The Morgan fingerprint density at radius 2 is 1.75 bits per heavy atom. The fourth-order valence-corrected chi connectivity index (χ4v) is 1.75. The van der Waals surface area contributed by atoms with Gasteiger partial charge in [-0.3, -0.25) is 4.79 Å². The summed E-state index contributed by atoms with van der Waals surface area (Å²) in [4.78, 5) is 11.2. The van der Waals surface area contributed by atoms with Gasteiger partial charge in [0.2, 0.25) is 0 Å². The predicted molar refractivity (Wildman–Crippen MR) is 67.7 cm³/mol. The van der Waals surface area contributed by atoms with Gasteiger partial charge in [-0.2, -0.15) is 0 Å². The van der Waals surface area contributed by atoms with Gasteiger partial charge in [0.15, 0.2) is 0 Å². The molecule has 96 valence electrons. The van der Waals surface area contributed by atoms with E-state index in [2.05, 4.69) is 19.2 Å². The molecule has 16 heavy (non-hydrogen) atoms. The Hall–Kier alpha value is -0.570. The van der Waals surface area contributed by atoms with Gasteiger partial charge < -0.3 is 10.4 Å². The molecule has 0 radical (unpaired) electrons. The number of hydrogen-bond donors (Lipinski definition) is 2. The molecule has 0 heterocycles. The van der Waals surface area contributed by atoms with E-state index in [0.717, 1.165) is 32.2 Å². The highest BCUT2D eigenvalue weighted by atomic mass is 16.4. The number of carboxylic acids is 1. The van der Waals surface area contributed by atoms with Crippen LogP contribution in [0.2, 0.25) is 0 Å². The van der Waals surface area contributed by atoms with Crippen LogP contribution < -0.4 is 5.32 Å². The average molecular weight is 229 g/mol. The van der Waals surface area contributed by atoms with Crippen LogP contribution in [-0.2, 0) is 4.79 Å². The highest BCUT2D eigenvalue weighted by molar-refractivity contribution is 5.78. The summed E-state index contributed by atoms with van der Waals surface area (Å²) in [6, 6.07) is 0. The van der Waals surface area contributed by atoms with Crippen molar-refractivity contribution in [3.63, 3.8) is 0 Å². The van der Waals surface area contributed by atoms with Gasteiger partial charge >= 0.3 is 5.97 Å². The third-order valence-corrected chi connectivity index (χ3v) is 3.02. The SMILES string of the molecule is CCCCCCCC(C)(NCCC)C(=O)O. The minimum absolute atomic E-state index is 0.726. The summed E-state index contributed by atoms with van der Waals surface area (Å²) in [5.41, 5.74) is -0.734. The molecule has 1 atom stereocenters. The van der Waals surface area contributed by atoms with Crippen LogP contribution in [0.5, 0.6) is 0 Å². The second-order valence-electron chi connectivity index (χ2n) is 4.73. The predicted octanol–water partition coefficient (Wildman–Crippen LogP) is 3.19. The lowest BCUT2D eigenvalue weighted by atomic mass is 9.94. The number of carbonyl (C=O) groups is 1. The maximum absolute atomic E-state index is 11.2. The number of nitrogens with one attached hydrogen (secondary N) is 1. The third-order valence-electron chi connectivity index (χ3n) is 3.02. The Morgan fingerprint density at radius 1 is 1.12 bits per heavy atom. The molecule has 0 fully saturated rings. The van der Waals surface area contributed by atoms with Crippen LogP contribution in [0.4, 0.5) is 0 Å². The first-order chi connectivity index (χ1) is 7.56. The van der Waals surface area contributed by atoms with E-state index in [1.807, 2.05) is 0 Å². The largest absolute Gasteiger partial charge is 0.480 e. The van der Waals surface area contributed by atoms with Crippen molar-refractivity contribution in [1.82, 2.24) is 5.32 Å². The number of aliphatic carboxylic acids is 1. The number of rotatable bonds is 10. The Bertz CT molecular complexity index is 194. The van der Waals surface area contributed by atoms with E-state index in [9.17, 15) is 9.90 Å². The molecule has 0 aliphatic heterocycles. The molecule has 0 rings (SSSR count). The van der Waals surface area contributed by atoms with E-state index in [1.54, 1.807) is 6.92 Å². The van der Waals surface area contributed by atoms with E-state index in [0.29, 0.717) is 0 Å². The molecule has 0 bridgehead atoms. The smallest absolute Gasteiger partial charge is 0.323 e. The topological polar surface area (TPSA) is 49.3 Å². The van der Waals surface area contributed by atoms with E-state index in [1.165, 1.54) is 19.3 Å². The van der Waals surface area contributed by atoms with Crippen molar-refractivity contribution in [2.45, 2.75) is 71.3 Å². The van der Waals surface area contributed by atoms with Crippen LogP contribution in [0.1, 0.15) is 65.7 Å². The molecule has 0 saturated carbocycles.